The summed E-state index contributed by atoms with van der Waals surface area (Å²) in [6, 6.07) is 7.80. The van der Waals surface area contributed by atoms with Crippen LogP contribution in [0.3, 0.4) is 0 Å². The van der Waals surface area contributed by atoms with Crippen molar-refractivity contribution in [2.24, 2.45) is 0 Å². The summed E-state index contributed by atoms with van der Waals surface area (Å²) < 4.78 is 69.7. The molecule has 0 fully saturated rings. The predicted octanol–water partition coefficient (Wildman–Crippen LogP) is 5.15. The highest BCUT2D eigenvalue weighted by molar-refractivity contribution is 7.81. The number of hydrogen-bond donors (Lipinski definition) is 2. The number of alkyl halides is 2. The minimum atomic E-state index is -5.14. The molecular formula is C23H23ClF3N5O4S. The van der Waals surface area contributed by atoms with Crippen LogP contribution >= 0.6 is 11.6 Å². The molecule has 14 heteroatoms. The largest absolute Gasteiger partial charge is 0.495 e. The summed E-state index contributed by atoms with van der Waals surface area (Å²) in [7, 11) is -3.62. The van der Waals surface area contributed by atoms with Gasteiger partial charge in [0.25, 0.3) is 6.43 Å². The topological polar surface area (TPSA) is 106 Å². The van der Waals surface area contributed by atoms with Crippen LogP contribution in [0, 0.1) is 6.92 Å². The van der Waals surface area contributed by atoms with E-state index in [1.165, 1.54) is 31.5 Å². The van der Waals surface area contributed by atoms with Crippen molar-refractivity contribution in [1.82, 2.24) is 14.9 Å². The standard InChI is InChI=1S/C23H23ClF3N5O4S/c1-13-7-16(36-37(27,33)34)3-4-18(13)29-22-17(24)10-28-23(31-22)30-19-8-15-11-32(12-21(25)26)6-5-14(15)9-20(19)35-2/h3-4,7-10,21H,5-6,11-12H2,1-2H3,(H2,28,29,30,31). The summed E-state index contributed by atoms with van der Waals surface area (Å²) in [6.07, 6.45) is -0.392. The summed E-state index contributed by atoms with van der Waals surface area (Å²) in [5, 5.41) is 6.32. The monoisotopic (exact) mass is 557 g/mol. The number of nitrogens with one attached hydrogen (secondary N) is 2. The van der Waals surface area contributed by atoms with Gasteiger partial charge in [-0.3, -0.25) is 4.90 Å². The molecule has 2 aromatic carbocycles. The van der Waals surface area contributed by atoms with E-state index in [1.807, 2.05) is 12.1 Å². The van der Waals surface area contributed by atoms with E-state index in [4.69, 9.17) is 16.3 Å². The van der Waals surface area contributed by atoms with Crippen molar-refractivity contribution >= 4 is 45.2 Å². The van der Waals surface area contributed by atoms with Crippen LogP contribution in [0.2, 0.25) is 5.02 Å². The molecule has 1 aliphatic heterocycles. The Morgan fingerprint density at radius 3 is 2.62 bits per heavy atom. The lowest BCUT2D eigenvalue weighted by Crippen LogP contribution is -2.34. The average Bonchev–Trinajstić information content (AvgIpc) is 2.81. The zero-order valence-electron chi connectivity index (χ0n) is 19.8. The zero-order chi connectivity index (χ0) is 26.7. The molecule has 0 atom stereocenters. The SMILES string of the molecule is COc1cc2c(cc1Nc1ncc(Cl)c(Nc3ccc(OS(=O)(=O)F)cc3C)n1)CN(CC(F)F)CC2. The van der Waals surface area contributed by atoms with Crippen LogP contribution < -0.4 is 19.6 Å². The molecule has 0 saturated carbocycles. The second kappa shape index (κ2) is 11.0. The van der Waals surface area contributed by atoms with E-state index in [2.05, 4.69) is 24.8 Å². The molecule has 0 saturated heterocycles. The lowest BCUT2D eigenvalue weighted by Gasteiger charge is -2.29. The van der Waals surface area contributed by atoms with E-state index in [0.29, 0.717) is 42.2 Å². The highest BCUT2D eigenvalue weighted by atomic mass is 35.5. The molecule has 9 nitrogen and oxygen atoms in total. The summed E-state index contributed by atoms with van der Waals surface area (Å²) in [4.78, 5) is 10.3. The third-order valence-corrected chi connectivity index (χ3v) is 6.31. The molecule has 0 spiro atoms. The lowest BCUT2D eigenvalue weighted by atomic mass is 9.98. The Labute approximate surface area is 217 Å². The smallest absolute Gasteiger partial charge is 0.488 e. The van der Waals surface area contributed by atoms with Crippen molar-refractivity contribution in [3.63, 3.8) is 0 Å². The molecule has 3 aromatic rings. The first kappa shape index (κ1) is 26.8. The van der Waals surface area contributed by atoms with Crippen LogP contribution in [0.5, 0.6) is 11.5 Å². The number of methoxy groups -OCH3 is 1. The van der Waals surface area contributed by atoms with Gasteiger partial charge < -0.3 is 19.6 Å². The molecule has 0 unspecified atom stereocenters. The van der Waals surface area contributed by atoms with Crippen LogP contribution in [0.1, 0.15) is 16.7 Å². The second-order valence-electron chi connectivity index (χ2n) is 8.29. The maximum atomic E-state index is 12.9. The van der Waals surface area contributed by atoms with E-state index in [0.717, 1.165) is 11.1 Å². The molecule has 198 valence electrons. The summed E-state index contributed by atoms with van der Waals surface area (Å²) >= 11 is 6.27. The minimum absolute atomic E-state index is 0.187. The number of hydrogen-bond acceptors (Lipinski definition) is 9. The molecule has 0 aliphatic carbocycles. The maximum Gasteiger partial charge on any atom is 0.488 e. The van der Waals surface area contributed by atoms with Crippen molar-refractivity contribution in [3.8, 4) is 11.5 Å². The fourth-order valence-electron chi connectivity index (χ4n) is 3.97. The quantitative estimate of drug-likeness (QED) is 0.345. The third-order valence-electron chi connectivity index (χ3n) is 5.65. The second-order valence-corrected chi connectivity index (χ2v) is 9.65. The number of halogens is 4. The van der Waals surface area contributed by atoms with Crippen molar-refractivity contribution in [3.05, 3.63) is 58.2 Å². The molecule has 1 aliphatic rings. The van der Waals surface area contributed by atoms with Crippen molar-refractivity contribution in [2.75, 3.05) is 30.8 Å². The van der Waals surface area contributed by atoms with Gasteiger partial charge in [-0.05, 0) is 60.4 Å². The molecule has 2 N–H and O–H groups in total. The average molecular weight is 558 g/mol. The molecular weight excluding hydrogens is 535 g/mol. The van der Waals surface area contributed by atoms with E-state index < -0.39 is 16.9 Å². The van der Waals surface area contributed by atoms with Gasteiger partial charge in [0.1, 0.15) is 16.5 Å². The third kappa shape index (κ3) is 6.93. The predicted molar refractivity (Wildman–Crippen MR) is 133 cm³/mol. The molecule has 4 rings (SSSR count). The van der Waals surface area contributed by atoms with Gasteiger partial charge in [0.15, 0.2) is 5.82 Å². The number of aromatic nitrogens is 2. The summed E-state index contributed by atoms with van der Waals surface area (Å²) in [6.45, 7) is 2.29. The number of rotatable bonds is 9. The fraction of sp³-hybridized carbons (Fsp3) is 0.304. The number of nitrogens with zero attached hydrogens (tertiary/aromatic N) is 3. The highest BCUT2D eigenvalue weighted by Gasteiger charge is 2.22. The molecule has 1 aromatic heterocycles. The van der Waals surface area contributed by atoms with E-state index >= 15 is 0 Å². The maximum absolute atomic E-state index is 12.9. The van der Waals surface area contributed by atoms with Gasteiger partial charge in [0.2, 0.25) is 5.95 Å². The normalized spacial score (nSPS) is 13.8. The molecule has 2 heterocycles. The number of aryl methyl sites for hydroxylation is 1. The van der Waals surface area contributed by atoms with E-state index in [1.54, 1.807) is 11.8 Å². The van der Waals surface area contributed by atoms with Crippen LogP contribution in [0.15, 0.2) is 36.5 Å². The van der Waals surface area contributed by atoms with Gasteiger partial charge >= 0.3 is 10.5 Å². The lowest BCUT2D eigenvalue weighted by molar-refractivity contribution is 0.0820. The summed E-state index contributed by atoms with van der Waals surface area (Å²) in [5.74, 6) is 0.789. The van der Waals surface area contributed by atoms with E-state index in [-0.39, 0.29) is 29.1 Å². The van der Waals surface area contributed by atoms with Gasteiger partial charge in [-0.25, -0.2) is 13.8 Å². The summed E-state index contributed by atoms with van der Waals surface area (Å²) in [5.41, 5.74) is 3.53. The molecule has 0 radical (unpaired) electrons. The number of fused-ring (bicyclic) bond motifs is 1. The Morgan fingerprint density at radius 2 is 1.95 bits per heavy atom. The highest BCUT2D eigenvalue weighted by Crippen LogP contribution is 2.34. The van der Waals surface area contributed by atoms with Crippen LogP contribution in [-0.2, 0) is 23.5 Å². The van der Waals surface area contributed by atoms with Gasteiger partial charge in [-0.15, -0.1) is 0 Å². The fourth-order valence-corrected chi connectivity index (χ4v) is 4.44. The van der Waals surface area contributed by atoms with Gasteiger partial charge in [0.05, 0.1) is 25.5 Å². The Morgan fingerprint density at radius 1 is 1.16 bits per heavy atom. The molecule has 0 bridgehead atoms. The van der Waals surface area contributed by atoms with E-state index in [9.17, 15) is 21.1 Å². The molecule has 37 heavy (non-hydrogen) atoms. The van der Waals surface area contributed by atoms with Crippen molar-refractivity contribution in [1.29, 1.82) is 0 Å². The Hall–Kier alpha value is -3.29. The van der Waals surface area contributed by atoms with Crippen LogP contribution in [0.25, 0.3) is 0 Å². The van der Waals surface area contributed by atoms with Crippen LogP contribution in [0.4, 0.5) is 35.8 Å². The van der Waals surface area contributed by atoms with Crippen molar-refractivity contribution < 1.29 is 30.0 Å². The molecule has 0 amide bonds. The Balaban J connectivity index is 1.56. The van der Waals surface area contributed by atoms with Crippen molar-refractivity contribution in [2.45, 2.75) is 26.3 Å². The first-order valence-electron chi connectivity index (χ1n) is 11.0. The Bertz CT molecular complexity index is 1410. The number of anilines is 4. The number of ether oxygens (including phenoxy) is 1. The van der Waals surface area contributed by atoms with Gasteiger partial charge in [-0.2, -0.15) is 13.4 Å². The van der Waals surface area contributed by atoms with Gasteiger partial charge in [0, 0.05) is 18.8 Å². The van der Waals surface area contributed by atoms with Crippen LogP contribution in [-0.4, -0.2) is 49.9 Å². The van der Waals surface area contributed by atoms with Gasteiger partial charge in [-0.1, -0.05) is 15.5 Å². The zero-order valence-corrected chi connectivity index (χ0v) is 21.3. The first-order chi connectivity index (χ1) is 17.5. The number of benzene rings is 2. The first-order valence-corrected chi connectivity index (χ1v) is 12.7. The minimum Gasteiger partial charge on any atom is -0.495 e. The Kier molecular flexibility index (Phi) is 7.95.